The molecule has 0 radical (unpaired) electrons. The van der Waals surface area contributed by atoms with Crippen LogP contribution >= 0.6 is 0 Å². The molecule has 0 aliphatic carbocycles. The lowest BCUT2D eigenvalue weighted by atomic mass is 10.1. The van der Waals surface area contributed by atoms with Crippen molar-refractivity contribution in [3.8, 4) is 0 Å². The van der Waals surface area contributed by atoms with Crippen LogP contribution < -0.4 is 5.32 Å². The van der Waals surface area contributed by atoms with E-state index in [9.17, 15) is 19.2 Å². The van der Waals surface area contributed by atoms with Gasteiger partial charge in [0.05, 0.1) is 24.2 Å². The van der Waals surface area contributed by atoms with Crippen LogP contribution in [0.3, 0.4) is 0 Å². The Balaban J connectivity index is 1.35. The molecule has 8 nitrogen and oxygen atoms in total. The largest absolute Gasteiger partial charge is 0.353 e. The number of piperazine rings is 1. The zero-order chi connectivity index (χ0) is 24.2. The Morgan fingerprint density at radius 3 is 2.21 bits per heavy atom. The fourth-order valence-electron chi connectivity index (χ4n) is 4.29. The highest BCUT2D eigenvalue weighted by Gasteiger charge is 2.35. The van der Waals surface area contributed by atoms with Gasteiger partial charge in [-0.05, 0) is 43.2 Å². The molecule has 4 rings (SSSR count). The second-order valence-electron chi connectivity index (χ2n) is 8.89. The molecule has 2 aliphatic heterocycles. The Morgan fingerprint density at radius 1 is 0.941 bits per heavy atom. The van der Waals surface area contributed by atoms with Crippen LogP contribution in [0.2, 0.25) is 0 Å². The monoisotopic (exact) mass is 462 g/mol. The van der Waals surface area contributed by atoms with Crippen LogP contribution in [-0.4, -0.2) is 77.1 Å². The van der Waals surface area contributed by atoms with Gasteiger partial charge in [-0.15, -0.1) is 0 Å². The molecule has 2 aliphatic rings. The van der Waals surface area contributed by atoms with E-state index >= 15 is 0 Å². The van der Waals surface area contributed by atoms with E-state index in [1.807, 2.05) is 19.9 Å². The molecule has 0 aromatic heterocycles. The molecule has 4 amide bonds. The Kier molecular flexibility index (Phi) is 7.07. The van der Waals surface area contributed by atoms with Gasteiger partial charge in [-0.1, -0.05) is 31.2 Å². The van der Waals surface area contributed by atoms with Gasteiger partial charge in [-0.25, -0.2) is 0 Å². The van der Waals surface area contributed by atoms with Crippen molar-refractivity contribution in [3.63, 3.8) is 0 Å². The number of hydrogen-bond donors (Lipinski definition) is 1. The summed E-state index contributed by atoms with van der Waals surface area (Å²) in [6.07, 6.45) is 0.889. The maximum atomic E-state index is 13.1. The average molecular weight is 463 g/mol. The van der Waals surface area contributed by atoms with Gasteiger partial charge in [0.1, 0.15) is 0 Å². The van der Waals surface area contributed by atoms with E-state index in [1.54, 1.807) is 47.4 Å². The zero-order valence-electron chi connectivity index (χ0n) is 19.6. The third-order valence-electron chi connectivity index (χ3n) is 6.44. The topological polar surface area (TPSA) is 90.0 Å². The van der Waals surface area contributed by atoms with E-state index in [4.69, 9.17) is 0 Å². The molecule has 2 aromatic rings. The Hall–Kier alpha value is -3.52. The van der Waals surface area contributed by atoms with Crippen LogP contribution in [0, 0.1) is 0 Å². The summed E-state index contributed by atoms with van der Waals surface area (Å²) >= 11 is 0. The number of nitrogens with one attached hydrogen (secondary N) is 1. The van der Waals surface area contributed by atoms with Gasteiger partial charge in [-0.3, -0.25) is 29.0 Å². The van der Waals surface area contributed by atoms with Gasteiger partial charge >= 0.3 is 0 Å². The van der Waals surface area contributed by atoms with Crippen molar-refractivity contribution >= 4 is 23.6 Å². The van der Waals surface area contributed by atoms with E-state index in [1.165, 1.54) is 4.90 Å². The molecule has 2 aromatic carbocycles. The number of rotatable bonds is 7. The third kappa shape index (κ3) is 5.02. The molecule has 0 spiro atoms. The van der Waals surface area contributed by atoms with Crippen LogP contribution in [0.25, 0.3) is 0 Å². The van der Waals surface area contributed by atoms with Crippen molar-refractivity contribution < 1.29 is 19.2 Å². The number of imide groups is 1. The summed E-state index contributed by atoms with van der Waals surface area (Å²) in [5.41, 5.74) is 2.07. The predicted octanol–water partition coefficient (Wildman–Crippen LogP) is 2.16. The molecule has 1 atom stereocenters. The summed E-state index contributed by atoms with van der Waals surface area (Å²) < 4.78 is 0. The van der Waals surface area contributed by atoms with Crippen molar-refractivity contribution in [2.45, 2.75) is 32.9 Å². The fraction of sp³-hybridized carbons (Fsp3) is 0.385. The van der Waals surface area contributed by atoms with E-state index < -0.39 is 0 Å². The predicted molar refractivity (Wildman–Crippen MR) is 127 cm³/mol. The zero-order valence-corrected chi connectivity index (χ0v) is 19.6. The van der Waals surface area contributed by atoms with Gasteiger partial charge in [0, 0.05) is 37.8 Å². The molecule has 1 N–H and O–H groups in total. The second-order valence-corrected chi connectivity index (χ2v) is 8.89. The quantitative estimate of drug-likeness (QED) is 0.637. The van der Waals surface area contributed by atoms with Gasteiger partial charge in [0.25, 0.3) is 17.7 Å². The lowest BCUT2D eigenvalue weighted by Gasteiger charge is -2.34. The molecule has 1 fully saturated rings. The number of hydrogen-bond acceptors (Lipinski definition) is 5. The van der Waals surface area contributed by atoms with Crippen molar-refractivity contribution in [3.05, 3.63) is 70.8 Å². The Bertz CT molecular complexity index is 1070. The van der Waals surface area contributed by atoms with Crippen LogP contribution in [0.4, 0.5) is 0 Å². The molecule has 8 heteroatoms. The van der Waals surface area contributed by atoms with Crippen molar-refractivity contribution in [1.29, 1.82) is 0 Å². The molecular weight excluding hydrogens is 432 g/mol. The summed E-state index contributed by atoms with van der Waals surface area (Å²) in [4.78, 5) is 55.6. The first-order valence-corrected chi connectivity index (χ1v) is 11.7. The first-order valence-electron chi connectivity index (χ1n) is 11.7. The second kappa shape index (κ2) is 10.2. The molecular formula is C26H30N4O4. The van der Waals surface area contributed by atoms with E-state index in [0.717, 1.165) is 12.0 Å². The first-order chi connectivity index (χ1) is 16.4. The molecule has 178 valence electrons. The van der Waals surface area contributed by atoms with Gasteiger partial charge in [0.2, 0.25) is 5.91 Å². The molecule has 1 saturated heterocycles. The summed E-state index contributed by atoms with van der Waals surface area (Å²) in [5, 5.41) is 2.97. The van der Waals surface area contributed by atoms with Gasteiger partial charge in [-0.2, -0.15) is 0 Å². The smallest absolute Gasteiger partial charge is 0.261 e. The number of nitrogens with zero attached hydrogens (tertiary/aromatic N) is 3. The number of carbonyl (C=O) groups excluding carboxylic acids is 4. The average Bonchev–Trinajstić information content (AvgIpc) is 3.09. The maximum absolute atomic E-state index is 13.1. The highest BCUT2D eigenvalue weighted by Crippen LogP contribution is 2.24. The van der Waals surface area contributed by atoms with Crippen LogP contribution in [0.15, 0.2) is 48.5 Å². The van der Waals surface area contributed by atoms with E-state index in [0.29, 0.717) is 49.4 Å². The van der Waals surface area contributed by atoms with E-state index in [2.05, 4.69) is 10.2 Å². The molecule has 0 bridgehead atoms. The summed E-state index contributed by atoms with van der Waals surface area (Å²) in [6.45, 7) is 6.81. The van der Waals surface area contributed by atoms with Crippen LogP contribution in [-0.2, 0) is 11.3 Å². The lowest BCUT2D eigenvalue weighted by molar-refractivity contribution is -0.123. The van der Waals surface area contributed by atoms with Gasteiger partial charge in [0.15, 0.2) is 0 Å². The minimum atomic E-state index is -0.314. The number of amides is 4. The molecule has 0 saturated carbocycles. The minimum Gasteiger partial charge on any atom is -0.353 e. The Morgan fingerprint density at radius 2 is 1.59 bits per heavy atom. The van der Waals surface area contributed by atoms with Crippen molar-refractivity contribution in [1.82, 2.24) is 20.0 Å². The standard InChI is InChI=1S/C26H30N4O4/c1-3-18(2)27-23(31)17-28-11-13-29(14-12-28)24(32)20-8-6-7-19(15-20)16-30-25(33)21-9-4-5-10-22(21)26(30)34/h4-10,15,18H,3,11-14,16-17H2,1-2H3,(H,27,31). The van der Waals surface area contributed by atoms with Crippen LogP contribution in [0.1, 0.15) is 56.9 Å². The van der Waals surface area contributed by atoms with Gasteiger partial charge < -0.3 is 10.2 Å². The van der Waals surface area contributed by atoms with Crippen molar-refractivity contribution in [2.75, 3.05) is 32.7 Å². The fourth-order valence-corrected chi connectivity index (χ4v) is 4.29. The SMILES string of the molecule is CCC(C)NC(=O)CN1CCN(C(=O)c2cccc(CN3C(=O)c4ccccc4C3=O)c2)CC1. The van der Waals surface area contributed by atoms with Crippen molar-refractivity contribution in [2.24, 2.45) is 0 Å². The lowest BCUT2D eigenvalue weighted by Crippen LogP contribution is -2.51. The summed E-state index contributed by atoms with van der Waals surface area (Å²) in [5.74, 6) is -0.709. The highest BCUT2D eigenvalue weighted by atomic mass is 16.2. The normalized spacial score (nSPS) is 17.0. The minimum absolute atomic E-state index is 0.00925. The molecule has 34 heavy (non-hydrogen) atoms. The van der Waals surface area contributed by atoms with Crippen LogP contribution in [0.5, 0.6) is 0 Å². The first kappa shape index (κ1) is 23.6. The number of benzene rings is 2. The molecule has 2 heterocycles. The highest BCUT2D eigenvalue weighted by molar-refractivity contribution is 6.21. The summed E-state index contributed by atoms with van der Waals surface area (Å²) in [7, 11) is 0. The molecule has 1 unspecified atom stereocenters. The summed E-state index contributed by atoms with van der Waals surface area (Å²) in [6, 6.07) is 14.0. The maximum Gasteiger partial charge on any atom is 0.261 e. The number of fused-ring (bicyclic) bond motifs is 1. The third-order valence-corrected chi connectivity index (χ3v) is 6.44. The number of carbonyl (C=O) groups is 4. The Labute approximate surface area is 199 Å². The van der Waals surface area contributed by atoms with E-state index in [-0.39, 0.29) is 36.2 Å².